The van der Waals surface area contributed by atoms with E-state index in [0.717, 1.165) is 49.7 Å². The first-order chi connectivity index (χ1) is 10.2. The molecule has 0 radical (unpaired) electrons. The number of piperazine rings is 1. The van der Waals surface area contributed by atoms with Crippen molar-refractivity contribution < 1.29 is 4.79 Å². The van der Waals surface area contributed by atoms with Gasteiger partial charge in [-0.2, -0.15) is 0 Å². The van der Waals surface area contributed by atoms with E-state index in [1.165, 1.54) is 12.8 Å². The minimum absolute atomic E-state index is 0.339. The van der Waals surface area contributed by atoms with Crippen molar-refractivity contribution >= 4 is 23.1 Å². The molecule has 1 aromatic rings. The second-order valence-corrected chi connectivity index (χ2v) is 6.57. The molecule has 0 bridgehead atoms. The second-order valence-electron chi connectivity index (χ2n) is 6.16. The lowest BCUT2D eigenvalue weighted by molar-refractivity contribution is -0.123. The fourth-order valence-corrected chi connectivity index (χ4v) is 3.71. The maximum absolute atomic E-state index is 12.2. The second kappa shape index (κ2) is 6.80. The van der Waals surface area contributed by atoms with E-state index in [0.29, 0.717) is 18.2 Å². The van der Waals surface area contributed by atoms with Gasteiger partial charge in [0.25, 0.3) is 0 Å². The maximum Gasteiger partial charge on any atom is 0.149 e. The Hall–Kier alpha value is -1.06. The van der Waals surface area contributed by atoms with Crippen LogP contribution in [0, 0.1) is 5.92 Å². The predicted octanol–water partition coefficient (Wildman–Crippen LogP) is 3.22. The molecule has 2 aliphatic rings. The van der Waals surface area contributed by atoms with Crippen molar-refractivity contribution in [3.63, 3.8) is 0 Å². The van der Waals surface area contributed by atoms with Gasteiger partial charge in [-0.15, -0.1) is 0 Å². The Balaban J connectivity index is 1.51. The number of carbonyl (C=O) groups is 1. The quantitative estimate of drug-likeness (QED) is 0.853. The van der Waals surface area contributed by atoms with Crippen molar-refractivity contribution in [2.75, 3.05) is 37.6 Å². The monoisotopic (exact) mass is 306 g/mol. The lowest BCUT2D eigenvalue weighted by Gasteiger charge is -2.36. The highest BCUT2D eigenvalue weighted by Crippen LogP contribution is 2.27. The van der Waals surface area contributed by atoms with Crippen LogP contribution < -0.4 is 4.90 Å². The summed E-state index contributed by atoms with van der Waals surface area (Å²) in [6.45, 7) is 4.43. The Morgan fingerprint density at radius 2 is 1.76 bits per heavy atom. The van der Waals surface area contributed by atoms with Gasteiger partial charge < -0.3 is 4.90 Å². The summed E-state index contributed by atoms with van der Waals surface area (Å²) in [5, 5.41) is 0.813. The summed E-state index contributed by atoms with van der Waals surface area (Å²) in [7, 11) is 0. The molecule has 114 valence electrons. The van der Waals surface area contributed by atoms with Gasteiger partial charge in [0.1, 0.15) is 5.78 Å². The molecule has 3 rings (SSSR count). The number of hydrogen-bond acceptors (Lipinski definition) is 3. The first kappa shape index (κ1) is 14.9. The molecule has 1 saturated carbocycles. The van der Waals surface area contributed by atoms with Crippen molar-refractivity contribution in [1.82, 2.24) is 4.90 Å². The van der Waals surface area contributed by atoms with E-state index in [2.05, 4.69) is 15.9 Å². The Morgan fingerprint density at radius 3 is 2.43 bits per heavy atom. The fourth-order valence-electron chi connectivity index (χ4n) is 3.45. The lowest BCUT2D eigenvalue weighted by atomic mass is 10.0. The van der Waals surface area contributed by atoms with Crippen molar-refractivity contribution in [2.45, 2.75) is 25.7 Å². The molecule has 1 saturated heterocycles. The van der Waals surface area contributed by atoms with Crippen molar-refractivity contribution in [3.8, 4) is 0 Å². The van der Waals surface area contributed by atoms with E-state index in [-0.39, 0.29) is 0 Å². The Bertz CT molecular complexity index is 491. The number of ketones is 1. The van der Waals surface area contributed by atoms with Crippen LogP contribution in [-0.4, -0.2) is 43.4 Å². The van der Waals surface area contributed by atoms with E-state index in [9.17, 15) is 4.79 Å². The smallest absolute Gasteiger partial charge is 0.149 e. The summed E-state index contributed by atoms with van der Waals surface area (Å²) >= 11 is 6.25. The molecular weight excluding hydrogens is 284 g/mol. The summed E-state index contributed by atoms with van der Waals surface area (Å²) in [5.41, 5.74) is 1.11. The number of carbonyl (C=O) groups excluding carboxylic acids is 1. The molecule has 0 N–H and O–H groups in total. The van der Waals surface area contributed by atoms with Crippen LogP contribution in [0.1, 0.15) is 25.7 Å². The molecule has 0 atom stereocenters. The zero-order chi connectivity index (χ0) is 14.7. The number of rotatable bonds is 4. The van der Waals surface area contributed by atoms with Crippen molar-refractivity contribution in [2.24, 2.45) is 5.92 Å². The van der Waals surface area contributed by atoms with E-state index in [4.69, 9.17) is 11.6 Å². The molecular formula is C17H23ClN2O. The predicted molar refractivity (Wildman–Crippen MR) is 87.1 cm³/mol. The van der Waals surface area contributed by atoms with Gasteiger partial charge in [0.15, 0.2) is 0 Å². The third-order valence-electron chi connectivity index (χ3n) is 4.76. The van der Waals surface area contributed by atoms with Crippen LogP contribution >= 0.6 is 11.6 Å². The lowest BCUT2D eigenvalue weighted by Crippen LogP contribution is -2.48. The van der Waals surface area contributed by atoms with Crippen LogP contribution in [0.15, 0.2) is 24.3 Å². The number of halogens is 1. The Kier molecular flexibility index (Phi) is 4.81. The first-order valence-corrected chi connectivity index (χ1v) is 8.36. The van der Waals surface area contributed by atoms with Crippen LogP contribution in [0.5, 0.6) is 0 Å². The summed E-state index contributed by atoms with van der Waals surface area (Å²) in [5.74, 6) is 0.797. The SMILES string of the molecule is O=C(CN1CCN(c2ccccc2Cl)CC1)C1CCCC1. The van der Waals surface area contributed by atoms with Gasteiger partial charge in [0.05, 0.1) is 17.3 Å². The summed E-state index contributed by atoms with van der Waals surface area (Å²) in [6.07, 6.45) is 4.68. The highest BCUT2D eigenvalue weighted by Gasteiger charge is 2.26. The van der Waals surface area contributed by atoms with Gasteiger partial charge in [0, 0.05) is 32.1 Å². The Morgan fingerprint density at radius 1 is 1.10 bits per heavy atom. The van der Waals surface area contributed by atoms with Gasteiger partial charge in [-0.1, -0.05) is 36.6 Å². The molecule has 4 heteroatoms. The summed E-state index contributed by atoms with van der Waals surface area (Å²) in [6, 6.07) is 7.99. The fraction of sp³-hybridized carbons (Fsp3) is 0.588. The number of Topliss-reactive ketones (excluding diaryl/α,β-unsaturated/α-hetero) is 1. The molecule has 0 aromatic heterocycles. The molecule has 1 heterocycles. The standard InChI is InChI=1S/C17H23ClN2O/c18-15-7-3-4-8-16(15)20-11-9-19(10-12-20)13-17(21)14-5-1-2-6-14/h3-4,7-8,14H,1-2,5-6,9-13H2. The topological polar surface area (TPSA) is 23.6 Å². The third-order valence-corrected chi connectivity index (χ3v) is 5.08. The van der Waals surface area contributed by atoms with E-state index < -0.39 is 0 Å². The first-order valence-electron chi connectivity index (χ1n) is 7.98. The van der Waals surface area contributed by atoms with Crippen molar-refractivity contribution in [1.29, 1.82) is 0 Å². The highest BCUT2D eigenvalue weighted by atomic mass is 35.5. The van der Waals surface area contributed by atoms with Gasteiger partial charge in [0.2, 0.25) is 0 Å². The number of hydrogen-bond donors (Lipinski definition) is 0. The van der Waals surface area contributed by atoms with E-state index >= 15 is 0 Å². The molecule has 0 amide bonds. The van der Waals surface area contributed by atoms with Crippen LogP contribution in [0.3, 0.4) is 0 Å². The van der Waals surface area contributed by atoms with Crippen LogP contribution in [-0.2, 0) is 4.79 Å². The number of anilines is 1. The summed E-state index contributed by atoms with van der Waals surface area (Å²) < 4.78 is 0. The Labute approximate surface area is 131 Å². The molecule has 0 spiro atoms. The number of para-hydroxylation sites is 1. The van der Waals surface area contributed by atoms with Gasteiger partial charge in [-0.3, -0.25) is 9.69 Å². The molecule has 1 aromatic carbocycles. The third kappa shape index (κ3) is 3.58. The van der Waals surface area contributed by atoms with Gasteiger partial charge in [-0.05, 0) is 25.0 Å². The molecule has 1 aliphatic carbocycles. The minimum Gasteiger partial charge on any atom is -0.368 e. The zero-order valence-corrected chi connectivity index (χ0v) is 13.2. The molecule has 1 aliphatic heterocycles. The number of nitrogens with zero attached hydrogens (tertiary/aromatic N) is 2. The van der Waals surface area contributed by atoms with Crippen LogP contribution in [0.4, 0.5) is 5.69 Å². The molecule has 3 nitrogen and oxygen atoms in total. The largest absolute Gasteiger partial charge is 0.368 e. The maximum atomic E-state index is 12.2. The van der Waals surface area contributed by atoms with Gasteiger partial charge in [-0.25, -0.2) is 0 Å². The zero-order valence-electron chi connectivity index (χ0n) is 12.4. The molecule has 21 heavy (non-hydrogen) atoms. The van der Waals surface area contributed by atoms with E-state index in [1.807, 2.05) is 18.2 Å². The minimum atomic E-state index is 0.339. The van der Waals surface area contributed by atoms with Crippen LogP contribution in [0.2, 0.25) is 5.02 Å². The molecule has 0 unspecified atom stereocenters. The van der Waals surface area contributed by atoms with Gasteiger partial charge >= 0.3 is 0 Å². The average Bonchev–Trinajstić information content (AvgIpc) is 3.03. The number of benzene rings is 1. The highest BCUT2D eigenvalue weighted by molar-refractivity contribution is 6.33. The van der Waals surface area contributed by atoms with Crippen molar-refractivity contribution in [3.05, 3.63) is 29.3 Å². The van der Waals surface area contributed by atoms with E-state index in [1.54, 1.807) is 0 Å². The summed E-state index contributed by atoms with van der Waals surface area (Å²) in [4.78, 5) is 16.9. The average molecular weight is 307 g/mol. The van der Waals surface area contributed by atoms with Crippen LogP contribution in [0.25, 0.3) is 0 Å². The normalized spacial score (nSPS) is 20.9. The molecule has 2 fully saturated rings.